The molecule has 0 aliphatic rings. The molecule has 0 saturated carbocycles. The highest BCUT2D eigenvalue weighted by molar-refractivity contribution is 5.93. The Labute approximate surface area is 120 Å². The average Bonchev–Trinajstić information content (AvgIpc) is 2.51. The average molecular weight is 286 g/mol. The molecule has 0 aliphatic carbocycles. The molecule has 3 nitrogen and oxygen atoms in total. The second-order valence-electron chi connectivity index (χ2n) is 4.55. The molecule has 2 aromatic carbocycles. The number of halogens is 2. The standard InChI is InChI=1S/C16H12F2N2O/c17-12-5-1-3-10(15(12)18)9-21-14-7-6-13(19)16-11(14)4-2-8-20-16/h1-8H,9,19H2. The number of fused-ring (bicyclic) bond motifs is 1. The maximum atomic E-state index is 13.6. The minimum absolute atomic E-state index is 0.0719. The quantitative estimate of drug-likeness (QED) is 0.747. The van der Waals surface area contributed by atoms with Crippen molar-refractivity contribution in [1.29, 1.82) is 0 Å². The summed E-state index contributed by atoms with van der Waals surface area (Å²) in [6.45, 7) is -0.0719. The van der Waals surface area contributed by atoms with Gasteiger partial charge in [0.15, 0.2) is 11.6 Å². The molecule has 106 valence electrons. The van der Waals surface area contributed by atoms with Crippen LogP contribution >= 0.6 is 0 Å². The molecule has 21 heavy (non-hydrogen) atoms. The van der Waals surface area contributed by atoms with E-state index in [1.54, 1.807) is 24.4 Å². The highest BCUT2D eigenvalue weighted by Gasteiger charge is 2.10. The van der Waals surface area contributed by atoms with Gasteiger partial charge in [0.05, 0.1) is 11.2 Å². The predicted octanol–water partition coefficient (Wildman–Crippen LogP) is 3.67. The van der Waals surface area contributed by atoms with E-state index in [9.17, 15) is 8.78 Å². The molecule has 1 aromatic heterocycles. The molecule has 2 N–H and O–H groups in total. The molecule has 0 fully saturated rings. The van der Waals surface area contributed by atoms with Crippen LogP contribution in [0.2, 0.25) is 0 Å². The zero-order valence-corrected chi connectivity index (χ0v) is 11.0. The monoisotopic (exact) mass is 286 g/mol. The summed E-state index contributed by atoms with van der Waals surface area (Å²) in [5, 5.41) is 0.731. The molecule has 3 aromatic rings. The van der Waals surface area contributed by atoms with E-state index in [1.807, 2.05) is 6.07 Å². The van der Waals surface area contributed by atoms with Crippen LogP contribution in [0.25, 0.3) is 10.9 Å². The van der Waals surface area contributed by atoms with Crippen LogP contribution in [0.4, 0.5) is 14.5 Å². The first-order valence-electron chi connectivity index (χ1n) is 6.35. The number of nitrogens with zero attached hydrogens (tertiary/aromatic N) is 1. The number of anilines is 1. The number of hydrogen-bond acceptors (Lipinski definition) is 3. The van der Waals surface area contributed by atoms with Crippen LogP contribution in [-0.2, 0) is 6.61 Å². The summed E-state index contributed by atoms with van der Waals surface area (Å²) in [4.78, 5) is 4.19. The van der Waals surface area contributed by atoms with Crippen molar-refractivity contribution in [3.05, 3.63) is 65.9 Å². The molecule has 0 saturated heterocycles. The fraction of sp³-hybridized carbons (Fsp3) is 0.0625. The summed E-state index contributed by atoms with van der Waals surface area (Å²) in [6.07, 6.45) is 1.63. The molecule has 0 radical (unpaired) electrons. The van der Waals surface area contributed by atoms with Gasteiger partial charge in [0, 0.05) is 17.1 Å². The molecule has 0 bridgehead atoms. The fourth-order valence-corrected chi connectivity index (χ4v) is 2.11. The fourth-order valence-electron chi connectivity index (χ4n) is 2.11. The lowest BCUT2D eigenvalue weighted by molar-refractivity contribution is 0.300. The number of pyridine rings is 1. The molecule has 3 rings (SSSR count). The zero-order valence-electron chi connectivity index (χ0n) is 11.0. The van der Waals surface area contributed by atoms with Gasteiger partial charge in [-0.3, -0.25) is 4.98 Å². The Morgan fingerprint density at radius 2 is 1.90 bits per heavy atom. The summed E-state index contributed by atoms with van der Waals surface area (Å²) >= 11 is 0. The maximum absolute atomic E-state index is 13.6. The lowest BCUT2D eigenvalue weighted by Crippen LogP contribution is -2.01. The lowest BCUT2D eigenvalue weighted by Gasteiger charge is -2.11. The van der Waals surface area contributed by atoms with Gasteiger partial charge >= 0.3 is 0 Å². The highest BCUT2D eigenvalue weighted by atomic mass is 19.2. The summed E-state index contributed by atoms with van der Waals surface area (Å²) in [6, 6.07) is 10.9. The van der Waals surface area contributed by atoms with Crippen LogP contribution in [0.5, 0.6) is 5.75 Å². The topological polar surface area (TPSA) is 48.1 Å². The third kappa shape index (κ3) is 2.50. The van der Waals surface area contributed by atoms with Crippen molar-refractivity contribution in [2.75, 3.05) is 5.73 Å². The number of benzene rings is 2. The normalized spacial score (nSPS) is 10.8. The second kappa shape index (κ2) is 5.36. The number of ether oxygens (including phenoxy) is 1. The summed E-state index contributed by atoms with van der Waals surface area (Å²) in [5.41, 5.74) is 7.16. The second-order valence-corrected chi connectivity index (χ2v) is 4.55. The molecule has 0 aliphatic heterocycles. The lowest BCUT2D eigenvalue weighted by atomic mass is 10.1. The molecular formula is C16H12F2N2O. The molecule has 0 spiro atoms. The first-order chi connectivity index (χ1) is 10.2. The SMILES string of the molecule is Nc1ccc(OCc2cccc(F)c2F)c2cccnc12. The number of rotatable bonds is 3. The zero-order chi connectivity index (χ0) is 14.8. The molecule has 0 atom stereocenters. The Hall–Kier alpha value is -2.69. The van der Waals surface area contributed by atoms with Crippen molar-refractivity contribution in [1.82, 2.24) is 4.98 Å². The first-order valence-corrected chi connectivity index (χ1v) is 6.35. The Bertz CT molecular complexity index is 805. The third-order valence-electron chi connectivity index (χ3n) is 3.18. The van der Waals surface area contributed by atoms with Crippen molar-refractivity contribution in [2.45, 2.75) is 6.61 Å². The van der Waals surface area contributed by atoms with Crippen LogP contribution in [0.3, 0.4) is 0 Å². The van der Waals surface area contributed by atoms with Crippen LogP contribution in [0.1, 0.15) is 5.56 Å². The number of nitrogen functional groups attached to an aromatic ring is 1. The molecular weight excluding hydrogens is 274 g/mol. The number of nitrogens with two attached hydrogens (primary N) is 1. The van der Waals surface area contributed by atoms with E-state index in [0.29, 0.717) is 17.0 Å². The van der Waals surface area contributed by atoms with Crippen LogP contribution in [-0.4, -0.2) is 4.98 Å². The molecule has 0 amide bonds. The van der Waals surface area contributed by atoms with Crippen molar-refractivity contribution in [3.8, 4) is 5.75 Å². The van der Waals surface area contributed by atoms with Gasteiger partial charge in [-0.25, -0.2) is 8.78 Å². The van der Waals surface area contributed by atoms with E-state index in [1.165, 1.54) is 12.1 Å². The molecule has 1 heterocycles. The number of aromatic nitrogens is 1. The largest absolute Gasteiger partial charge is 0.488 e. The van der Waals surface area contributed by atoms with E-state index < -0.39 is 11.6 Å². The summed E-state index contributed by atoms with van der Waals surface area (Å²) in [5.74, 6) is -1.26. The van der Waals surface area contributed by atoms with Crippen LogP contribution in [0.15, 0.2) is 48.7 Å². The van der Waals surface area contributed by atoms with Crippen molar-refractivity contribution >= 4 is 16.6 Å². The van der Waals surface area contributed by atoms with E-state index in [2.05, 4.69) is 4.98 Å². The van der Waals surface area contributed by atoms with Crippen LogP contribution in [0, 0.1) is 11.6 Å². The van der Waals surface area contributed by atoms with Gasteiger partial charge < -0.3 is 10.5 Å². The Morgan fingerprint density at radius 1 is 1.05 bits per heavy atom. The summed E-state index contributed by atoms with van der Waals surface area (Å²) in [7, 11) is 0. The maximum Gasteiger partial charge on any atom is 0.165 e. The van der Waals surface area contributed by atoms with E-state index >= 15 is 0 Å². The highest BCUT2D eigenvalue weighted by Crippen LogP contribution is 2.29. The van der Waals surface area contributed by atoms with E-state index in [0.717, 1.165) is 11.5 Å². The van der Waals surface area contributed by atoms with Gasteiger partial charge in [0.25, 0.3) is 0 Å². The number of hydrogen-bond donors (Lipinski definition) is 1. The van der Waals surface area contributed by atoms with Crippen molar-refractivity contribution in [3.63, 3.8) is 0 Å². The third-order valence-corrected chi connectivity index (χ3v) is 3.18. The van der Waals surface area contributed by atoms with Gasteiger partial charge in [0.2, 0.25) is 0 Å². The van der Waals surface area contributed by atoms with Crippen LogP contribution < -0.4 is 10.5 Å². The van der Waals surface area contributed by atoms with Gasteiger partial charge in [-0.1, -0.05) is 12.1 Å². The first kappa shape index (κ1) is 13.3. The van der Waals surface area contributed by atoms with E-state index in [4.69, 9.17) is 10.5 Å². The smallest absolute Gasteiger partial charge is 0.165 e. The van der Waals surface area contributed by atoms with Gasteiger partial charge in [-0.15, -0.1) is 0 Å². The minimum atomic E-state index is -0.893. The molecule has 0 unspecified atom stereocenters. The Morgan fingerprint density at radius 3 is 2.76 bits per heavy atom. The van der Waals surface area contributed by atoms with Crippen molar-refractivity contribution in [2.24, 2.45) is 0 Å². The van der Waals surface area contributed by atoms with E-state index in [-0.39, 0.29) is 12.2 Å². The molecule has 5 heteroatoms. The minimum Gasteiger partial charge on any atom is -0.488 e. The predicted molar refractivity (Wildman–Crippen MR) is 76.8 cm³/mol. The van der Waals surface area contributed by atoms with Gasteiger partial charge in [0.1, 0.15) is 12.4 Å². The van der Waals surface area contributed by atoms with Crippen molar-refractivity contribution < 1.29 is 13.5 Å². The van der Waals surface area contributed by atoms with Gasteiger partial charge in [-0.05, 0) is 30.3 Å². The Kier molecular flexibility index (Phi) is 3.39. The van der Waals surface area contributed by atoms with Gasteiger partial charge in [-0.2, -0.15) is 0 Å². The summed E-state index contributed by atoms with van der Waals surface area (Å²) < 4.78 is 32.3. The Balaban J connectivity index is 1.92.